The van der Waals surface area contributed by atoms with Crippen LogP contribution < -0.4 is 0 Å². The second-order valence-electron chi connectivity index (χ2n) is 6.84. The first kappa shape index (κ1) is 12.9. The monoisotopic (exact) mass is 317 g/mol. The van der Waals surface area contributed by atoms with Crippen molar-refractivity contribution in [2.45, 2.75) is 18.4 Å². The second kappa shape index (κ2) is 4.03. The van der Waals surface area contributed by atoms with Crippen LogP contribution in [0.25, 0.3) is 10.9 Å². The largest absolute Gasteiger partial charge is 0.384 e. The molecule has 114 valence electrons. The van der Waals surface area contributed by atoms with E-state index in [9.17, 15) is 9.90 Å². The van der Waals surface area contributed by atoms with Gasteiger partial charge < -0.3 is 10.0 Å². The van der Waals surface area contributed by atoms with Gasteiger partial charge in [0.25, 0.3) is 0 Å². The van der Waals surface area contributed by atoms with Crippen LogP contribution in [0.3, 0.4) is 0 Å². The standard InChI is InChI=1S/C16H16ClN3O2/c17-9-3-11(10-5-18-19-14(10)4-9)16(22)12-6-20(7-13(12)16)15(21)8-1-2-8/h3-5,8,12-13,22H,1-2,6-7H2,(H,18,19)/t12-,13+,16+. The summed E-state index contributed by atoms with van der Waals surface area (Å²) < 4.78 is 0. The van der Waals surface area contributed by atoms with Crippen LogP contribution in [-0.2, 0) is 10.4 Å². The van der Waals surface area contributed by atoms with E-state index in [0.717, 1.165) is 29.3 Å². The third-order valence-corrected chi connectivity index (χ3v) is 5.75. The summed E-state index contributed by atoms with van der Waals surface area (Å²) in [5.41, 5.74) is 0.817. The first-order valence-corrected chi connectivity index (χ1v) is 8.11. The van der Waals surface area contributed by atoms with Crippen LogP contribution in [0.5, 0.6) is 0 Å². The van der Waals surface area contributed by atoms with Crippen molar-refractivity contribution < 1.29 is 9.90 Å². The van der Waals surface area contributed by atoms with Crippen molar-refractivity contribution in [2.24, 2.45) is 17.8 Å². The van der Waals surface area contributed by atoms with E-state index in [1.165, 1.54) is 0 Å². The molecule has 22 heavy (non-hydrogen) atoms. The summed E-state index contributed by atoms with van der Waals surface area (Å²) in [7, 11) is 0. The van der Waals surface area contributed by atoms with Crippen LogP contribution in [0.1, 0.15) is 18.4 Å². The molecule has 0 unspecified atom stereocenters. The molecule has 3 atom stereocenters. The topological polar surface area (TPSA) is 69.2 Å². The molecule has 2 aliphatic carbocycles. The highest BCUT2D eigenvalue weighted by atomic mass is 35.5. The fourth-order valence-corrected chi connectivity index (χ4v) is 4.34. The lowest BCUT2D eigenvalue weighted by Crippen LogP contribution is -2.36. The molecule has 2 aromatic rings. The van der Waals surface area contributed by atoms with Gasteiger partial charge in [0.1, 0.15) is 5.60 Å². The molecule has 2 N–H and O–H groups in total. The number of amides is 1. The summed E-state index contributed by atoms with van der Waals surface area (Å²) in [6.45, 7) is 1.31. The third-order valence-electron chi connectivity index (χ3n) is 5.53. The highest BCUT2D eigenvalue weighted by Crippen LogP contribution is 2.63. The Bertz CT molecular complexity index is 786. The molecule has 2 heterocycles. The summed E-state index contributed by atoms with van der Waals surface area (Å²) in [5, 5.41) is 19.6. The lowest BCUT2D eigenvalue weighted by atomic mass is 9.99. The average molecular weight is 318 g/mol. The lowest BCUT2D eigenvalue weighted by molar-refractivity contribution is -0.132. The van der Waals surface area contributed by atoms with Gasteiger partial charge in [0.15, 0.2) is 0 Å². The summed E-state index contributed by atoms with van der Waals surface area (Å²) in [5.74, 6) is 0.755. The van der Waals surface area contributed by atoms with Gasteiger partial charge in [-0.05, 0) is 30.5 Å². The maximum absolute atomic E-state index is 12.2. The van der Waals surface area contributed by atoms with Crippen LogP contribution in [0.4, 0.5) is 0 Å². The number of hydrogen-bond acceptors (Lipinski definition) is 3. The Morgan fingerprint density at radius 2 is 2.09 bits per heavy atom. The number of rotatable bonds is 2. The molecule has 1 amide bonds. The van der Waals surface area contributed by atoms with Crippen molar-refractivity contribution in [3.63, 3.8) is 0 Å². The van der Waals surface area contributed by atoms with Gasteiger partial charge >= 0.3 is 0 Å². The van der Waals surface area contributed by atoms with Gasteiger partial charge in [-0.2, -0.15) is 5.10 Å². The van der Waals surface area contributed by atoms with Gasteiger partial charge in [0, 0.05) is 41.3 Å². The van der Waals surface area contributed by atoms with E-state index in [0.29, 0.717) is 18.1 Å². The number of nitrogens with one attached hydrogen (secondary N) is 1. The summed E-state index contributed by atoms with van der Waals surface area (Å²) in [4.78, 5) is 14.1. The summed E-state index contributed by atoms with van der Waals surface area (Å²) >= 11 is 6.18. The molecule has 1 aliphatic heterocycles. The van der Waals surface area contributed by atoms with Crippen LogP contribution in [0.2, 0.25) is 5.02 Å². The lowest BCUT2D eigenvalue weighted by Gasteiger charge is -2.24. The molecule has 5 rings (SSSR count). The van der Waals surface area contributed by atoms with Crippen molar-refractivity contribution in [1.82, 2.24) is 15.1 Å². The average Bonchev–Trinajstić information content (AvgIpc) is 3.28. The van der Waals surface area contributed by atoms with E-state index in [2.05, 4.69) is 10.2 Å². The Morgan fingerprint density at radius 3 is 2.77 bits per heavy atom. The third kappa shape index (κ3) is 1.58. The Balaban J connectivity index is 1.47. The molecule has 3 aliphatic rings. The molecule has 0 radical (unpaired) electrons. The van der Waals surface area contributed by atoms with E-state index >= 15 is 0 Å². The number of halogens is 1. The number of aromatic amines is 1. The van der Waals surface area contributed by atoms with Crippen molar-refractivity contribution in [3.05, 3.63) is 28.9 Å². The smallest absolute Gasteiger partial charge is 0.225 e. The minimum Gasteiger partial charge on any atom is -0.384 e. The normalized spacial score (nSPS) is 33.3. The predicted octanol–water partition coefficient (Wildman–Crippen LogP) is 1.90. The fourth-order valence-electron chi connectivity index (χ4n) is 4.12. The van der Waals surface area contributed by atoms with E-state index in [1.807, 2.05) is 17.0 Å². The second-order valence-corrected chi connectivity index (χ2v) is 7.28. The number of fused-ring (bicyclic) bond motifs is 2. The van der Waals surface area contributed by atoms with Crippen molar-refractivity contribution in [1.29, 1.82) is 0 Å². The van der Waals surface area contributed by atoms with Crippen LogP contribution in [0, 0.1) is 17.8 Å². The van der Waals surface area contributed by atoms with Crippen LogP contribution >= 0.6 is 11.6 Å². The molecule has 3 fully saturated rings. The molecule has 1 saturated heterocycles. The SMILES string of the molecule is O=C(C1CC1)N1C[C@@H]2[C@H](C1)[C@]2(O)c1cc(Cl)cc2[nH]ncc12. The molecule has 1 aromatic carbocycles. The zero-order valence-corrected chi connectivity index (χ0v) is 12.7. The first-order valence-electron chi connectivity index (χ1n) is 7.73. The van der Waals surface area contributed by atoms with Crippen molar-refractivity contribution >= 4 is 28.4 Å². The Labute approximate surface area is 132 Å². The Hall–Kier alpha value is -1.59. The van der Waals surface area contributed by atoms with Gasteiger partial charge in [-0.25, -0.2) is 0 Å². The van der Waals surface area contributed by atoms with E-state index in [1.54, 1.807) is 6.20 Å². The number of hydrogen-bond donors (Lipinski definition) is 2. The Morgan fingerprint density at radius 1 is 1.36 bits per heavy atom. The first-order chi connectivity index (χ1) is 10.6. The number of nitrogens with zero attached hydrogens (tertiary/aromatic N) is 2. The zero-order chi connectivity index (χ0) is 15.1. The molecular formula is C16H16ClN3O2. The molecule has 2 saturated carbocycles. The molecule has 5 nitrogen and oxygen atoms in total. The maximum Gasteiger partial charge on any atom is 0.225 e. The number of benzene rings is 1. The maximum atomic E-state index is 12.2. The van der Waals surface area contributed by atoms with Gasteiger partial charge in [0.05, 0.1) is 11.7 Å². The number of H-pyrrole nitrogens is 1. The van der Waals surface area contributed by atoms with E-state index in [-0.39, 0.29) is 23.7 Å². The summed E-state index contributed by atoms with van der Waals surface area (Å²) in [6, 6.07) is 3.66. The molecule has 0 bridgehead atoms. The number of aliphatic hydroxyl groups is 1. The van der Waals surface area contributed by atoms with Crippen molar-refractivity contribution in [2.75, 3.05) is 13.1 Å². The number of piperidine rings is 1. The number of carbonyl (C=O) groups is 1. The zero-order valence-electron chi connectivity index (χ0n) is 11.9. The number of aromatic nitrogens is 2. The minimum absolute atomic E-state index is 0.117. The van der Waals surface area contributed by atoms with Crippen LogP contribution in [-0.4, -0.2) is 39.2 Å². The van der Waals surface area contributed by atoms with E-state index in [4.69, 9.17) is 11.6 Å². The minimum atomic E-state index is -0.868. The van der Waals surface area contributed by atoms with Gasteiger partial charge in [0.2, 0.25) is 5.91 Å². The highest BCUT2D eigenvalue weighted by Gasteiger charge is 2.69. The highest BCUT2D eigenvalue weighted by molar-refractivity contribution is 6.31. The Kier molecular flexibility index (Phi) is 2.36. The van der Waals surface area contributed by atoms with Gasteiger partial charge in [-0.3, -0.25) is 9.89 Å². The van der Waals surface area contributed by atoms with Crippen LogP contribution in [0.15, 0.2) is 18.3 Å². The van der Waals surface area contributed by atoms with Crippen molar-refractivity contribution in [3.8, 4) is 0 Å². The van der Waals surface area contributed by atoms with Gasteiger partial charge in [-0.1, -0.05) is 11.6 Å². The van der Waals surface area contributed by atoms with Gasteiger partial charge in [-0.15, -0.1) is 0 Å². The summed E-state index contributed by atoms with van der Waals surface area (Å²) in [6.07, 6.45) is 3.79. The predicted molar refractivity (Wildman–Crippen MR) is 81.3 cm³/mol. The fraction of sp³-hybridized carbons (Fsp3) is 0.500. The molecule has 1 aromatic heterocycles. The molecule has 6 heteroatoms. The van der Waals surface area contributed by atoms with E-state index < -0.39 is 5.60 Å². The number of likely N-dealkylation sites (tertiary alicyclic amines) is 1. The molecular weight excluding hydrogens is 302 g/mol. The quantitative estimate of drug-likeness (QED) is 0.889. The number of carbonyl (C=O) groups excluding carboxylic acids is 1. The molecule has 0 spiro atoms.